The third-order valence-electron chi connectivity index (χ3n) is 2.83. The lowest BCUT2D eigenvalue weighted by Crippen LogP contribution is -2.27. The highest BCUT2D eigenvalue weighted by Gasteiger charge is 2.26. The highest BCUT2D eigenvalue weighted by atomic mass is 35.5. The van der Waals surface area contributed by atoms with Crippen LogP contribution in [0, 0.1) is 5.92 Å². The third kappa shape index (κ3) is 2.58. The fourth-order valence-corrected chi connectivity index (χ4v) is 2.10. The van der Waals surface area contributed by atoms with Crippen molar-refractivity contribution in [3.63, 3.8) is 0 Å². The van der Waals surface area contributed by atoms with E-state index in [0.29, 0.717) is 16.9 Å². The first kappa shape index (κ1) is 10.6. The van der Waals surface area contributed by atoms with E-state index in [1.165, 1.54) is 0 Å². The number of aromatic nitrogens is 2. The largest absolute Gasteiger partial charge is 0.396 e. The SMILES string of the molecule is OCC1CCCC1Nc1ncc(Cl)cn1. The highest BCUT2D eigenvalue weighted by molar-refractivity contribution is 6.30. The van der Waals surface area contributed by atoms with Crippen LogP contribution in [-0.2, 0) is 0 Å². The molecule has 15 heavy (non-hydrogen) atoms. The zero-order chi connectivity index (χ0) is 10.7. The zero-order valence-corrected chi connectivity index (χ0v) is 9.11. The number of aliphatic hydroxyl groups excluding tert-OH is 1. The molecule has 1 saturated carbocycles. The summed E-state index contributed by atoms with van der Waals surface area (Å²) in [6.07, 6.45) is 6.43. The summed E-state index contributed by atoms with van der Waals surface area (Å²) in [6, 6.07) is 0.288. The number of nitrogens with zero attached hydrogens (tertiary/aromatic N) is 2. The van der Waals surface area contributed by atoms with Crippen LogP contribution >= 0.6 is 11.6 Å². The van der Waals surface area contributed by atoms with Gasteiger partial charge in [-0.3, -0.25) is 0 Å². The number of hydrogen-bond acceptors (Lipinski definition) is 4. The van der Waals surface area contributed by atoms with E-state index in [0.717, 1.165) is 19.3 Å². The van der Waals surface area contributed by atoms with Crippen molar-refractivity contribution < 1.29 is 5.11 Å². The second-order valence-electron chi connectivity index (χ2n) is 3.85. The van der Waals surface area contributed by atoms with E-state index in [9.17, 15) is 0 Å². The Morgan fingerprint density at radius 1 is 1.40 bits per heavy atom. The summed E-state index contributed by atoms with van der Waals surface area (Å²) in [5.74, 6) is 0.911. The summed E-state index contributed by atoms with van der Waals surface area (Å²) in [5.41, 5.74) is 0. The summed E-state index contributed by atoms with van der Waals surface area (Å²) in [6.45, 7) is 0.227. The minimum absolute atomic E-state index is 0.227. The van der Waals surface area contributed by atoms with Gasteiger partial charge in [-0.15, -0.1) is 0 Å². The van der Waals surface area contributed by atoms with Crippen LogP contribution in [0.2, 0.25) is 5.02 Å². The maximum Gasteiger partial charge on any atom is 0.222 e. The molecule has 0 radical (unpaired) electrons. The van der Waals surface area contributed by atoms with Gasteiger partial charge in [0, 0.05) is 18.6 Å². The number of hydrogen-bond donors (Lipinski definition) is 2. The molecule has 82 valence electrons. The molecule has 1 fully saturated rings. The van der Waals surface area contributed by atoms with Crippen LogP contribution in [0.4, 0.5) is 5.95 Å². The number of aliphatic hydroxyl groups is 1. The Bertz CT molecular complexity index is 317. The Morgan fingerprint density at radius 2 is 2.13 bits per heavy atom. The molecule has 0 bridgehead atoms. The molecule has 1 aliphatic carbocycles. The molecule has 1 aromatic rings. The molecular formula is C10H14ClN3O. The molecule has 1 heterocycles. The minimum atomic E-state index is 0.227. The Labute approximate surface area is 93.7 Å². The molecule has 2 N–H and O–H groups in total. The fourth-order valence-electron chi connectivity index (χ4n) is 2.00. The van der Waals surface area contributed by atoms with E-state index >= 15 is 0 Å². The second-order valence-corrected chi connectivity index (χ2v) is 4.29. The minimum Gasteiger partial charge on any atom is -0.396 e. The number of halogens is 1. The Kier molecular flexibility index (Phi) is 3.38. The van der Waals surface area contributed by atoms with Crippen LogP contribution in [0.25, 0.3) is 0 Å². The van der Waals surface area contributed by atoms with Crippen LogP contribution in [-0.4, -0.2) is 27.7 Å². The summed E-state index contributed by atoms with van der Waals surface area (Å²) >= 11 is 5.69. The van der Waals surface area contributed by atoms with Crippen molar-refractivity contribution in [1.82, 2.24) is 9.97 Å². The topological polar surface area (TPSA) is 58.0 Å². The smallest absolute Gasteiger partial charge is 0.222 e. The predicted molar refractivity (Wildman–Crippen MR) is 58.9 cm³/mol. The number of anilines is 1. The van der Waals surface area contributed by atoms with Crippen molar-refractivity contribution in [2.75, 3.05) is 11.9 Å². The Hall–Kier alpha value is -0.870. The molecule has 2 unspecified atom stereocenters. The molecule has 0 amide bonds. The zero-order valence-electron chi connectivity index (χ0n) is 8.36. The predicted octanol–water partition coefficient (Wildman–Crippen LogP) is 1.70. The van der Waals surface area contributed by atoms with Gasteiger partial charge in [-0.25, -0.2) is 9.97 Å². The van der Waals surface area contributed by atoms with Crippen molar-refractivity contribution in [3.05, 3.63) is 17.4 Å². The molecule has 0 spiro atoms. The van der Waals surface area contributed by atoms with Gasteiger partial charge >= 0.3 is 0 Å². The molecule has 0 aliphatic heterocycles. The van der Waals surface area contributed by atoms with Crippen molar-refractivity contribution in [1.29, 1.82) is 0 Å². The van der Waals surface area contributed by atoms with Crippen molar-refractivity contribution >= 4 is 17.5 Å². The van der Waals surface area contributed by atoms with Crippen LogP contribution in [0.5, 0.6) is 0 Å². The maximum absolute atomic E-state index is 9.16. The van der Waals surface area contributed by atoms with E-state index in [1.54, 1.807) is 12.4 Å². The van der Waals surface area contributed by atoms with Gasteiger partial charge in [0.25, 0.3) is 0 Å². The highest BCUT2D eigenvalue weighted by Crippen LogP contribution is 2.27. The average Bonchev–Trinajstić information content (AvgIpc) is 2.69. The van der Waals surface area contributed by atoms with Gasteiger partial charge < -0.3 is 10.4 Å². The van der Waals surface area contributed by atoms with Crippen LogP contribution in [0.1, 0.15) is 19.3 Å². The molecule has 2 rings (SSSR count). The van der Waals surface area contributed by atoms with E-state index in [-0.39, 0.29) is 12.6 Å². The maximum atomic E-state index is 9.16. The van der Waals surface area contributed by atoms with Crippen molar-refractivity contribution in [3.8, 4) is 0 Å². The van der Waals surface area contributed by atoms with E-state index in [1.807, 2.05) is 0 Å². The standard InChI is InChI=1S/C10H14ClN3O/c11-8-4-12-10(13-5-8)14-9-3-1-2-7(9)6-15/h4-5,7,9,15H,1-3,6H2,(H,12,13,14). The van der Waals surface area contributed by atoms with Crippen molar-refractivity contribution in [2.24, 2.45) is 5.92 Å². The third-order valence-corrected chi connectivity index (χ3v) is 3.02. The first-order chi connectivity index (χ1) is 7.29. The monoisotopic (exact) mass is 227 g/mol. The average molecular weight is 228 g/mol. The summed E-state index contributed by atoms with van der Waals surface area (Å²) in [5, 5.41) is 12.9. The lowest BCUT2D eigenvalue weighted by molar-refractivity contribution is 0.222. The van der Waals surface area contributed by atoms with E-state index < -0.39 is 0 Å². The van der Waals surface area contributed by atoms with Gasteiger partial charge in [0.1, 0.15) is 0 Å². The summed E-state index contributed by atoms with van der Waals surface area (Å²) in [7, 11) is 0. The summed E-state index contributed by atoms with van der Waals surface area (Å²) in [4.78, 5) is 8.15. The molecule has 2 atom stereocenters. The molecule has 4 nitrogen and oxygen atoms in total. The van der Waals surface area contributed by atoms with Crippen LogP contribution < -0.4 is 5.32 Å². The molecule has 0 saturated heterocycles. The molecular weight excluding hydrogens is 214 g/mol. The first-order valence-electron chi connectivity index (χ1n) is 5.14. The van der Waals surface area contributed by atoms with Gasteiger partial charge in [0.2, 0.25) is 5.95 Å². The van der Waals surface area contributed by atoms with Gasteiger partial charge in [-0.1, -0.05) is 18.0 Å². The number of nitrogens with one attached hydrogen (secondary N) is 1. The van der Waals surface area contributed by atoms with E-state index in [4.69, 9.17) is 16.7 Å². The Morgan fingerprint density at radius 3 is 2.80 bits per heavy atom. The Balaban J connectivity index is 1.99. The van der Waals surface area contributed by atoms with E-state index in [2.05, 4.69) is 15.3 Å². The second kappa shape index (κ2) is 4.77. The summed E-state index contributed by atoms with van der Waals surface area (Å²) < 4.78 is 0. The molecule has 1 aliphatic rings. The number of rotatable bonds is 3. The van der Waals surface area contributed by atoms with Crippen LogP contribution in [0.3, 0.4) is 0 Å². The molecule has 1 aromatic heterocycles. The quantitative estimate of drug-likeness (QED) is 0.826. The van der Waals surface area contributed by atoms with Gasteiger partial charge in [-0.2, -0.15) is 0 Å². The normalized spacial score (nSPS) is 25.5. The molecule has 0 aromatic carbocycles. The lowest BCUT2D eigenvalue weighted by atomic mass is 10.1. The van der Waals surface area contributed by atoms with Crippen LogP contribution in [0.15, 0.2) is 12.4 Å². The first-order valence-corrected chi connectivity index (χ1v) is 5.52. The lowest BCUT2D eigenvalue weighted by Gasteiger charge is -2.18. The van der Waals surface area contributed by atoms with Gasteiger partial charge in [0.05, 0.1) is 17.4 Å². The van der Waals surface area contributed by atoms with Crippen molar-refractivity contribution in [2.45, 2.75) is 25.3 Å². The molecule has 5 heteroatoms. The van der Waals surface area contributed by atoms with Gasteiger partial charge in [-0.05, 0) is 12.8 Å². The fraction of sp³-hybridized carbons (Fsp3) is 0.600. The van der Waals surface area contributed by atoms with Gasteiger partial charge in [0.15, 0.2) is 0 Å².